The number of hydrogen-bond acceptors (Lipinski definition) is 3. The van der Waals surface area contributed by atoms with E-state index >= 15 is 0 Å². The van der Waals surface area contributed by atoms with Gasteiger partial charge in [0, 0.05) is 12.6 Å². The number of nitrogens with zero attached hydrogens (tertiary/aromatic N) is 1. The SMILES string of the molecule is CC(C)(C)OC(=O)[C@H]1CCCN1C(=O)NC1CC1. The number of carbonyl (C=O) groups is 2. The molecule has 0 radical (unpaired) electrons. The summed E-state index contributed by atoms with van der Waals surface area (Å²) in [6, 6.07) is -0.216. The third kappa shape index (κ3) is 3.37. The zero-order valence-corrected chi connectivity index (χ0v) is 11.4. The Kier molecular flexibility index (Phi) is 3.50. The van der Waals surface area contributed by atoms with Crippen LogP contribution >= 0.6 is 0 Å². The first-order chi connectivity index (χ1) is 8.37. The maximum Gasteiger partial charge on any atom is 0.329 e. The average molecular weight is 254 g/mol. The van der Waals surface area contributed by atoms with Crippen LogP contribution < -0.4 is 5.32 Å². The molecule has 1 aliphatic heterocycles. The molecule has 5 nitrogen and oxygen atoms in total. The summed E-state index contributed by atoms with van der Waals surface area (Å²) >= 11 is 0. The van der Waals surface area contributed by atoms with Gasteiger partial charge in [-0.25, -0.2) is 9.59 Å². The Bertz CT molecular complexity index is 345. The highest BCUT2D eigenvalue weighted by molar-refractivity contribution is 5.84. The molecule has 18 heavy (non-hydrogen) atoms. The van der Waals surface area contributed by atoms with Gasteiger partial charge in [0.1, 0.15) is 11.6 Å². The summed E-state index contributed by atoms with van der Waals surface area (Å²) in [5.74, 6) is -0.286. The Hall–Kier alpha value is -1.26. The van der Waals surface area contributed by atoms with Crippen LogP contribution in [0.5, 0.6) is 0 Å². The quantitative estimate of drug-likeness (QED) is 0.762. The number of urea groups is 1. The van der Waals surface area contributed by atoms with Gasteiger partial charge in [-0.2, -0.15) is 0 Å². The second-order valence-corrected chi connectivity index (χ2v) is 6.11. The molecule has 0 spiro atoms. The van der Waals surface area contributed by atoms with Crippen molar-refractivity contribution < 1.29 is 14.3 Å². The van der Waals surface area contributed by atoms with Crippen LogP contribution in [0.2, 0.25) is 0 Å². The van der Waals surface area contributed by atoms with Gasteiger partial charge in [-0.3, -0.25) is 0 Å². The van der Waals surface area contributed by atoms with Crippen LogP contribution in [0.15, 0.2) is 0 Å². The minimum absolute atomic E-state index is 0.120. The van der Waals surface area contributed by atoms with E-state index in [2.05, 4.69) is 5.32 Å². The molecule has 1 saturated heterocycles. The molecule has 2 rings (SSSR count). The summed E-state index contributed by atoms with van der Waals surface area (Å²) in [5.41, 5.74) is -0.502. The van der Waals surface area contributed by atoms with E-state index < -0.39 is 11.6 Å². The number of likely N-dealkylation sites (tertiary alicyclic amines) is 1. The number of ether oxygens (including phenoxy) is 1. The Balaban J connectivity index is 1.93. The lowest BCUT2D eigenvalue weighted by Gasteiger charge is -2.27. The number of nitrogens with one attached hydrogen (secondary N) is 1. The average Bonchev–Trinajstić information content (AvgIpc) is 2.90. The molecular formula is C13H22N2O3. The van der Waals surface area contributed by atoms with E-state index in [0.717, 1.165) is 19.3 Å². The van der Waals surface area contributed by atoms with Gasteiger partial charge in [-0.05, 0) is 46.5 Å². The normalized spacial score (nSPS) is 23.9. The predicted octanol–water partition coefficient (Wildman–Crippen LogP) is 1.66. The van der Waals surface area contributed by atoms with Crippen molar-refractivity contribution in [3.63, 3.8) is 0 Å². The van der Waals surface area contributed by atoms with Crippen LogP contribution in [-0.4, -0.2) is 41.1 Å². The summed E-state index contributed by atoms with van der Waals surface area (Å²) in [5, 5.41) is 2.92. The molecule has 0 aromatic heterocycles. The number of carbonyl (C=O) groups excluding carboxylic acids is 2. The van der Waals surface area contributed by atoms with E-state index in [1.807, 2.05) is 20.8 Å². The van der Waals surface area contributed by atoms with Gasteiger partial charge < -0.3 is 15.0 Å². The topological polar surface area (TPSA) is 58.6 Å². The molecule has 102 valence electrons. The second-order valence-electron chi connectivity index (χ2n) is 6.11. The molecule has 2 fully saturated rings. The molecule has 1 aliphatic carbocycles. The van der Waals surface area contributed by atoms with Crippen molar-refractivity contribution in [2.24, 2.45) is 0 Å². The molecule has 2 aliphatic rings. The van der Waals surface area contributed by atoms with Crippen molar-refractivity contribution in [3.8, 4) is 0 Å². The van der Waals surface area contributed by atoms with Crippen molar-refractivity contribution >= 4 is 12.0 Å². The van der Waals surface area contributed by atoms with E-state index in [4.69, 9.17) is 4.74 Å². The van der Waals surface area contributed by atoms with Gasteiger partial charge in [0.25, 0.3) is 0 Å². The van der Waals surface area contributed by atoms with E-state index in [9.17, 15) is 9.59 Å². The highest BCUT2D eigenvalue weighted by Crippen LogP contribution is 2.23. The Morgan fingerprint density at radius 2 is 1.89 bits per heavy atom. The Labute approximate surface area is 108 Å². The van der Waals surface area contributed by atoms with E-state index in [-0.39, 0.29) is 12.0 Å². The third-order valence-corrected chi connectivity index (χ3v) is 3.10. The molecule has 2 amide bonds. The van der Waals surface area contributed by atoms with Crippen LogP contribution in [0.3, 0.4) is 0 Å². The van der Waals surface area contributed by atoms with E-state index in [0.29, 0.717) is 19.0 Å². The highest BCUT2D eigenvalue weighted by atomic mass is 16.6. The lowest BCUT2D eigenvalue weighted by atomic mass is 10.1. The summed E-state index contributed by atoms with van der Waals surface area (Å²) in [7, 11) is 0. The highest BCUT2D eigenvalue weighted by Gasteiger charge is 2.38. The zero-order valence-electron chi connectivity index (χ0n) is 11.4. The number of amides is 2. The Morgan fingerprint density at radius 3 is 2.44 bits per heavy atom. The van der Waals surface area contributed by atoms with Crippen LogP contribution in [0, 0.1) is 0 Å². The molecule has 0 unspecified atom stereocenters. The summed E-state index contributed by atoms with van der Waals surface area (Å²) in [4.78, 5) is 25.6. The molecule has 1 N–H and O–H groups in total. The van der Waals surface area contributed by atoms with Gasteiger partial charge in [0.2, 0.25) is 0 Å². The minimum Gasteiger partial charge on any atom is -0.458 e. The molecule has 1 heterocycles. The largest absolute Gasteiger partial charge is 0.458 e. The van der Waals surface area contributed by atoms with Crippen molar-refractivity contribution in [1.29, 1.82) is 0 Å². The third-order valence-electron chi connectivity index (χ3n) is 3.10. The molecule has 0 aromatic carbocycles. The van der Waals surface area contributed by atoms with Gasteiger partial charge >= 0.3 is 12.0 Å². The number of hydrogen-bond donors (Lipinski definition) is 1. The van der Waals surface area contributed by atoms with Crippen molar-refractivity contribution in [2.45, 2.75) is 64.1 Å². The monoisotopic (exact) mass is 254 g/mol. The van der Waals surface area contributed by atoms with E-state index in [1.54, 1.807) is 4.90 Å². The summed E-state index contributed by atoms with van der Waals surface area (Å²) in [6.07, 6.45) is 3.67. The van der Waals surface area contributed by atoms with Gasteiger partial charge in [0.05, 0.1) is 0 Å². The van der Waals surface area contributed by atoms with Gasteiger partial charge in [-0.1, -0.05) is 0 Å². The predicted molar refractivity (Wildman–Crippen MR) is 67.1 cm³/mol. The lowest BCUT2D eigenvalue weighted by Crippen LogP contribution is -2.48. The second kappa shape index (κ2) is 4.78. The molecule has 5 heteroatoms. The van der Waals surface area contributed by atoms with Crippen LogP contribution in [0.25, 0.3) is 0 Å². The summed E-state index contributed by atoms with van der Waals surface area (Å²) in [6.45, 7) is 6.17. The van der Waals surface area contributed by atoms with E-state index in [1.165, 1.54) is 0 Å². The molecule has 1 atom stereocenters. The number of esters is 1. The maximum absolute atomic E-state index is 12.0. The Morgan fingerprint density at radius 1 is 1.22 bits per heavy atom. The first-order valence-electron chi connectivity index (χ1n) is 6.67. The molecular weight excluding hydrogens is 232 g/mol. The van der Waals surface area contributed by atoms with Gasteiger partial charge in [0.15, 0.2) is 0 Å². The molecule has 1 saturated carbocycles. The lowest BCUT2D eigenvalue weighted by molar-refractivity contribution is -0.159. The van der Waals surface area contributed by atoms with Crippen LogP contribution in [-0.2, 0) is 9.53 Å². The maximum atomic E-state index is 12.0. The van der Waals surface area contributed by atoms with Crippen molar-refractivity contribution in [1.82, 2.24) is 10.2 Å². The fourth-order valence-corrected chi connectivity index (χ4v) is 2.11. The number of rotatable bonds is 2. The smallest absolute Gasteiger partial charge is 0.329 e. The van der Waals surface area contributed by atoms with Crippen LogP contribution in [0.4, 0.5) is 4.79 Å². The first kappa shape index (κ1) is 13.2. The van der Waals surface area contributed by atoms with Crippen molar-refractivity contribution in [3.05, 3.63) is 0 Å². The fraction of sp³-hybridized carbons (Fsp3) is 0.846. The summed E-state index contributed by atoms with van der Waals surface area (Å²) < 4.78 is 5.36. The minimum atomic E-state index is -0.502. The molecule has 0 bridgehead atoms. The van der Waals surface area contributed by atoms with Crippen molar-refractivity contribution in [2.75, 3.05) is 6.54 Å². The molecule has 0 aromatic rings. The standard InChI is InChI=1S/C13H22N2O3/c1-13(2,3)18-11(16)10-5-4-8-15(10)12(17)14-9-6-7-9/h9-10H,4-8H2,1-3H3,(H,14,17)/t10-/m1/s1. The van der Waals surface area contributed by atoms with Crippen LogP contribution in [0.1, 0.15) is 46.5 Å². The van der Waals surface area contributed by atoms with Gasteiger partial charge in [-0.15, -0.1) is 0 Å². The zero-order chi connectivity index (χ0) is 13.3. The first-order valence-corrected chi connectivity index (χ1v) is 6.67. The fourth-order valence-electron chi connectivity index (χ4n) is 2.11.